The maximum atomic E-state index is 12.0. The fourth-order valence-corrected chi connectivity index (χ4v) is 2.95. The van der Waals surface area contributed by atoms with Crippen molar-refractivity contribution in [3.05, 3.63) is 48.5 Å². The zero-order valence-corrected chi connectivity index (χ0v) is 15.8. The van der Waals surface area contributed by atoms with Gasteiger partial charge in [0, 0.05) is 23.4 Å². The standard InChI is InChI=1S/C19H19N3O4S/c1-24-15-7-3-13(4-8-15)18-21-22-19(26-18)27-12-11-17(23)20-14-5-9-16(25-2)10-6-14/h3-10H,11-12H2,1-2H3,(H,20,23). The van der Waals surface area contributed by atoms with Crippen LogP contribution in [-0.2, 0) is 4.79 Å². The van der Waals surface area contributed by atoms with Gasteiger partial charge in [0.25, 0.3) is 5.22 Å². The average Bonchev–Trinajstić information content (AvgIpc) is 3.17. The Morgan fingerprint density at radius 1 is 1.00 bits per heavy atom. The first-order chi connectivity index (χ1) is 13.2. The summed E-state index contributed by atoms with van der Waals surface area (Å²) in [6, 6.07) is 14.5. The van der Waals surface area contributed by atoms with Crippen LogP contribution in [0.15, 0.2) is 58.2 Å². The number of methoxy groups -OCH3 is 2. The summed E-state index contributed by atoms with van der Waals surface area (Å²) < 4.78 is 15.8. The second kappa shape index (κ2) is 9.09. The molecule has 0 saturated carbocycles. The van der Waals surface area contributed by atoms with Crippen molar-refractivity contribution in [1.82, 2.24) is 10.2 Å². The smallest absolute Gasteiger partial charge is 0.276 e. The number of aromatic nitrogens is 2. The maximum Gasteiger partial charge on any atom is 0.276 e. The van der Waals surface area contributed by atoms with E-state index in [1.165, 1.54) is 11.8 Å². The fourth-order valence-electron chi connectivity index (χ4n) is 2.25. The second-order valence-electron chi connectivity index (χ2n) is 5.48. The highest BCUT2D eigenvalue weighted by Gasteiger charge is 2.10. The van der Waals surface area contributed by atoms with E-state index in [9.17, 15) is 4.79 Å². The lowest BCUT2D eigenvalue weighted by molar-refractivity contribution is -0.115. The van der Waals surface area contributed by atoms with Gasteiger partial charge in [0.15, 0.2) is 0 Å². The number of thioether (sulfide) groups is 1. The van der Waals surface area contributed by atoms with Gasteiger partial charge in [-0.25, -0.2) is 0 Å². The van der Waals surface area contributed by atoms with Crippen molar-refractivity contribution in [2.24, 2.45) is 0 Å². The summed E-state index contributed by atoms with van der Waals surface area (Å²) in [5.41, 5.74) is 1.54. The quantitative estimate of drug-likeness (QED) is 0.589. The summed E-state index contributed by atoms with van der Waals surface area (Å²) in [6.07, 6.45) is 0.330. The van der Waals surface area contributed by atoms with E-state index in [1.807, 2.05) is 24.3 Å². The van der Waals surface area contributed by atoms with Crippen molar-refractivity contribution in [2.45, 2.75) is 11.6 Å². The third-order valence-electron chi connectivity index (χ3n) is 3.67. The zero-order valence-electron chi connectivity index (χ0n) is 15.0. The molecule has 0 saturated heterocycles. The number of benzene rings is 2. The van der Waals surface area contributed by atoms with Gasteiger partial charge in [0.05, 0.1) is 14.2 Å². The minimum Gasteiger partial charge on any atom is -0.497 e. The zero-order chi connectivity index (χ0) is 19.1. The lowest BCUT2D eigenvalue weighted by Crippen LogP contribution is -2.12. The van der Waals surface area contributed by atoms with E-state index in [4.69, 9.17) is 13.9 Å². The molecule has 7 nitrogen and oxygen atoms in total. The Bertz CT molecular complexity index is 879. The third kappa shape index (κ3) is 5.24. The van der Waals surface area contributed by atoms with Gasteiger partial charge in [-0.2, -0.15) is 0 Å². The van der Waals surface area contributed by atoms with Gasteiger partial charge in [-0.3, -0.25) is 4.79 Å². The molecule has 1 heterocycles. The van der Waals surface area contributed by atoms with Gasteiger partial charge in [-0.05, 0) is 48.5 Å². The molecular formula is C19H19N3O4S. The monoisotopic (exact) mass is 385 g/mol. The van der Waals surface area contributed by atoms with Crippen molar-refractivity contribution in [3.8, 4) is 23.0 Å². The van der Waals surface area contributed by atoms with Crippen molar-refractivity contribution >= 4 is 23.4 Å². The summed E-state index contributed by atoms with van der Waals surface area (Å²) in [6.45, 7) is 0. The van der Waals surface area contributed by atoms with E-state index in [2.05, 4.69) is 15.5 Å². The first-order valence-corrected chi connectivity index (χ1v) is 9.21. The van der Waals surface area contributed by atoms with Gasteiger partial charge < -0.3 is 19.2 Å². The highest BCUT2D eigenvalue weighted by Crippen LogP contribution is 2.25. The number of anilines is 1. The molecule has 0 atom stereocenters. The third-order valence-corrected chi connectivity index (χ3v) is 4.49. The molecule has 8 heteroatoms. The molecule has 1 N–H and O–H groups in total. The molecule has 1 aromatic heterocycles. The molecule has 2 aromatic carbocycles. The fraction of sp³-hybridized carbons (Fsp3) is 0.211. The van der Waals surface area contributed by atoms with Crippen molar-refractivity contribution in [2.75, 3.05) is 25.3 Å². The molecule has 0 aliphatic heterocycles. The topological polar surface area (TPSA) is 86.5 Å². The SMILES string of the molecule is COc1ccc(NC(=O)CCSc2nnc(-c3ccc(OC)cc3)o2)cc1. The van der Waals surface area contributed by atoms with Gasteiger partial charge >= 0.3 is 0 Å². The predicted molar refractivity (Wildman–Crippen MR) is 103 cm³/mol. The molecule has 3 rings (SSSR count). The number of amides is 1. The van der Waals surface area contributed by atoms with Gasteiger partial charge in [0.2, 0.25) is 11.8 Å². The van der Waals surface area contributed by atoms with Gasteiger partial charge in [0.1, 0.15) is 11.5 Å². The van der Waals surface area contributed by atoms with E-state index >= 15 is 0 Å². The summed E-state index contributed by atoms with van der Waals surface area (Å²) >= 11 is 1.34. The van der Waals surface area contributed by atoms with Crippen LogP contribution in [0, 0.1) is 0 Å². The summed E-state index contributed by atoms with van der Waals surface area (Å²) in [5, 5.41) is 11.3. The first-order valence-electron chi connectivity index (χ1n) is 8.22. The van der Waals surface area contributed by atoms with Crippen molar-refractivity contribution < 1.29 is 18.7 Å². The average molecular weight is 385 g/mol. The van der Waals surface area contributed by atoms with Crippen LogP contribution in [0.1, 0.15) is 6.42 Å². The number of hydrogen-bond acceptors (Lipinski definition) is 7. The van der Waals surface area contributed by atoms with Gasteiger partial charge in [-0.15, -0.1) is 10.2 Å². The first kappa shape index (κ1) is 18.8. The van der Waals surface area contributed by atoms with Crippen LogP contribution in [0.2, 0.25) is 0 Å². The normalized spacial score (nSPS) is 10.4. The van der Waals surface area contributed by atoms with E-state index < -0.39 is 0 Å². The Kier molecular flexibility index (Phi) is 6.32. The van der Waals surface area contributed by atoms with E-state index in [-0.39, 0.29) is 5.91 Å². The number of hydrogen-bond donors (Lipinski definition) is 1. The number of nitrogens with one attached hydrogen (secondary N) is 1. The lowest BCUT2D eigenvalue weighted by atomic mass is 10.2. The Morgan fingerprint density at radius 2 is 1.63 bits per heavy atom. The van der Waals surface area contributed by atoms with Crippen molar-refractivity contribution in [1.29, 1.82) is 0 Å². The number of carbonyl (C=O) groups is 1. The number of ether oxygens (including phenoxy) is 2. The number of rotatable bonds is 8. The molecule has 0 aliphatic carbocycles. The van der Waals surface area contributed by atoms with E-state index in [1.54, 1.807) is 38.5 Å². The van der Waals surface area contributed by atoms with Crippen molar-refractivity contribution in [3.63, 3.8) is 0 Å². The molecule has 0 radical (unpaired) electrons. The largest absolute Gasteiger partial charge is 0.497 e. The van der Waals surface area contributed by atoms with E-state index in [0.717, 1.165) is 22.7 Å². The minimum atomic E-state index is -0.0810. The Labute approximate surface area is 161 Å². The summed E-state index contributed by atoms with van der Waals surface area (Å²) in [7, 11) is 3.21. The van der Waals surface area contributed by atoms with Crippen LogP contribution in [0.4, 0.5) is 5.69 Å². The number of carbonyl (C=O) groups excluding carboxylic acids is 1. The summed E-state index contributed by atoms with van der Waals surface area (Å²) in [4.78, 5) is 12.0. The Morgan fingerprint density at radius 3 is 2.26 bits per heavy atom. The Balaban J connectivity index is 1.47. The van der Waals surface area contributed by atoms with Crippen LogP contribution in [0.5, 0.6) is 11.5 Å². The van der Waals surface area contributed by atoms with Crippen LogP contribution in [-0.4, -0.2) is 36.1 Å². The molecule has 3 aromatic rings. The molecule has 0 bridgehead atoms. The summed E-state index contributed by atoms with van der Waals surface area (Å²) in [5.74, 6) is 2.39. The van der Waals surface area contributed by atoms with Crippen LogP contribution >= 0.6 is 11.8 Å². The highest BCUT2D eigenvalue weighted by molar-refractivity contribution is 7.99. The van der Waals surface area contributed by atoms with Crippen LogP contribution < -0.4 is 14.8 Å². The second-order valence-corrected chi connectivity index (χ2v) is 6.52. The van der Waals surface area contributed by atoms with E-state index in [0.29, 0.717) is 23.3 Å². The Hall–Kier alpha value is -3.00. The molecule has 0 aliphatic rings. The van der Waals surface area contributed by atoms with Gasteiger partial charge in [-0.1, -0.05) is 11.8 Å². The molecule has 0 fully saturated rings. The maximum absolute atomic E-state index is 12.0. The van der Waals surface area contributed by atoms with Crippen LogP contribution in [0.3, 0.4) is 0 Å². The molecule has 1 amide bonds. The molecule has 0 unspecified atom stereocenters. The molecule has 0 spiro atoms. The molecule has 27 heavy (non-hydrogen) atoms. The predicted octanol–water partition coefficient (Wildman–Crippen LogP) is 3.87. The minimum absolute atomic E-state index is 0.0810. The number of nitrogens with zero attached hydrogens (tertiary/aromatic N) is 2. The highest BCUT2D eigenvalue weighted by atomic mass is 32.2. The molecular weight excluding hydrogens is 366 g/mol. The lowest BCUT2D eigenvalue weighted by Gasteiger charge is -2.05. The molecule has 140 valence electrons. The van der Waals surface area contributed by atoms with Crippen LogP contribution in [0.25, 0.3) is 11.5 Å².